The van der Waals surface area contributed by atoms with Crippen molar-refractivity contribution in [3.05, 3.63) is 35.9 Å². The largest absolute Gasteiger partial charge is 0.469 e. The molecular weight excluding hydrogens is 238 g/mol. The molecule has 1 saturated carbocycles. The van der Waals surface area contributed by atoms with Crippen LogP contribution in [0.25, 0.3) is 0 Å². The van der Waals surface area contributed by atoms with Gasteiger partial charge in [0.1, 0.15) is 0 Å². The second-order valence-corrected chi connectivity index (χ2v) is 5.64. The molecule has 1 fully saturated rings. The maximum Gasteiger partial charge on any atom is 0.314 e. The standard InChI is InChI=1S/C16H23NO2/c1-16(10-6-7-11-16)17-12-14(15(18)19-2)13-8-4-3-5-9-13/h3-5,8-9,14,17H,6-7,10-12H2,1-2H3. The normalized spacial score (nSPS) is 19.1. The second-order valence-electron chi connectivity index (χ2n) is 5.64. The molecule has 2 rings (SSSR count). The van der Waals surface area contributed by atoms with Crippen LogP contribution >= 0.6 is 0 Å². The Morgan fingerprint density at radius 2 is 1.95 bits per heavy atom. The minimum atomic E-state index is -0.219. The number of hydrogen-bond donors (Lipinski definition) is 1. The third-order valence-electron chi connectivity index (χ3n) is 4.13. The van der Waals surface area contributed by atoms with E-state index in [2.05, 4.69) is 12.2 Å². The predicted octanol–water partition coefficient (Wildman–Crippen LogP) is 2.87. The van der Waals surface area contributed by atoms with Crippen LogP contribution in [-0.4, -0.2) is 25.2 Å². The summed E-state index contributed by atoms with van der Waals surface area (Å²) >= 11 is 0. The lowest BCUT2D eigenvalue weighted by Gasteiger charge is -2.28. The Morgan fingerprint density at radius 3 is 2.53 bits per heavy atom. The first-order valence-electron chi connectivity index (χ1n) is 7.02. The lowest BCUT2D eigenvalue weighted by atomic mass is 9.95. The van der Waals surface area contributed by atoms with Gasteiger partial charge < -0.3 is 10.1 Å². The molecule has 3 nitrogen and oxygen atoms in total. The third kappa shape index (κ3) is 3.57. The van der Waals surface area contributed by atoms with E-state index in [4.69, 9.17) is 4.74 Å². The SMILES string of the molecule is COC(=O)C(CNC1(C)CCCC1)c1ccccc1. The van der Waals surface area contributed by atoms with Crippen LogP contribution in [0.15, 0.2) is 30.3 Å². The van der Waals surface area contributed by atoms with Crippen molar-refractivity contribution >= 4 is 5.97 Å². The highest BCUT2D eigenvalue weighted by Gasteiger charge is 2.30. The smallest absolute Gasteiger partial charge is 0.314 e. The van der Waals surface area contributed by atoms with Crippen LogP contribution in [0.3, 0.4) is 0 Å². The molecule has 0 spiro atoms. The summed E-state index contributed by atoms with van der Waals surface area (Å²) in [5.41, 5.74) is 1.20. The molecule has 19 heavy (non-hydrogen) atoms. The Balaban J connectivity index is 2.04. The number of carbonyl (C=O) groups excluding carboxylic acids is 1. The van der Waals surface area contributed by atoms with Gasteiger partial charge in [-0.1, -0.05) is 43.2 Å². The molecule has 0 bridgehead atoms. The van der Waals surface area contributed by atoms with Gasteiger partial charge >= 0.3 is 5.97 Å². The van der Waals surface area contributed by atoms with E-state index in [1.165, 1.54) is 32.8 Å². The monoisotopic (exact) mass is 261 g/mol. The van der Waals surface area contributed by atoms with Gasteiger partial charge in [0, 0.05) is 12.1 Å². The number of rotatable bonds is 5. The highest BCUT2D eigenvalue weighted by atomic mass is 16.5. The van der Waals surface area contributed by atoms with E-state index in [-0.39, 0.29) is 17.4 Å². The van der Waals surface area contributed by atoms with Crippen LogP contribution in [0.4, 0.5) is 0 Å². The number of carbonyl (C=O) groups is 1. The summed E-state index contributed by atoms with van der Waals surface area (Å²) in [5.74, 6) is -0.385. The van der Waals surface area contributed by atoms with Gasteiger partial charge in [-0.15, -0.1) is 0 Å². The van der Waals surface area contributed by atoms with Crippen LogP contribution < -0.4 is 5.32 Å². The summed E-state index contributed by atoms with van der Waals surface area (Å²) in [7, 11) is 1.45. The maximum atomic E-state index is 12.0. The summed E-state index contributed by atoms with van der Waals surface area (Å²) in [4.78, 5) is 12.0. The Kier molecular flexibility index (Phi) is 4.59. The number of nitrogens with one attached hydrogen (secondary N) is 1. The molecular formula is C16H23NO2. The minimum absolute atomic E-state index is 0.166. The van der Waals surface area contributed by atoms with Crippen LogP contribution in [0.5, 0.6) is 0 Å². The first kappa shape index (κ1) is 14.1. The van der Waals surface area contributed by atoms with Crippen LogP contribution in [0.1, 0.15) is 44.1 Å². The fraction of sp³-hybridized carbons (Fsp3) is 0.562. The van der Waals surface area contributed by atoms with Crippen molar-refractivity contribution in [1.82, 2.24) is 5.32 Å². The molecule has 0 aromatic heterocycles. The van der Waals surface area contributed by atoms with Gasteiger partial charge in [-0.3, -0.25) is 4.79 Å². The van der Waals surface area contributed by atoms with Crippen molar-refractivity contribution in [2.24, 2.45) is 0 Å². The maximum absolute atomic E-state index is 12.0. The van der Waals surface area contributed by atoms with Gasteiger partial charge in [0.05, 0.1) is 13.0 Å². The van der Waals surface area contributed by atoms with E-state index < -0.39 is 0 Å². The zero-order valence-corrected chi connectivity index (χ0v) is 11.8. The zero-order chi connectivity index (χ0) is 13.7. The number of esters is 1. The zero-order valence-electron chi connectivity index (χ0n) is 11.8. The van der Waals surface area contributed by atoms with Crippen molar-refractivity contribution in [3.63, 3.8) is 0 Å². The highest BCUT2D eigenvalue weighted by molar-refractivity contribution is 5.78. The minimum Gasteiger partial charge on any atom is -0.469 e. The van der Waals surface area contributed by atoms with Gasteiger partial charge in [0.15, 0.2) is 0 Å². The molecule has 104 valence electrons. The molecule has 1 atom stereocenters. The fourth-order valence-corrected chi connectivity index (χ4v) is 2.85. The topological polar surface area (TPSA) is 38.3 Å². The molecule has 1 aromatic rings. The Bertz CT molecular complexity index is 410. The van der Waals surface area contributed by atoms with Gasteiger partial charge in [0.25, 0.3) is 0 Å². The Hall–Kier alpha value is -1.35. The van der Waals surface area contributed by atoms with Crippen molar-refractivity contribution < 1.29 is 9.53 Å². The summed E-state index contributed by atoms with van der Waals surface area (Å²) in [6, 6.07) is 9.86. The first-order valence-corrected chi connectivity index (χ1v) is 7.02. The number of ether oxygens (including phenoxy) is 1. The van der Waals surface area contributed by atoms with E-state index in [9.17, 15) is 4.79 Å². The summed E-state index contributed by atoms with van der Waals surface area (Å²) in [6.45, 7) is 2.90. The average Bonchev–Trinajstić information content (AvgIpc) is 2.87. The molecule has 0 aliphatic heterocycles. The van der Waals surface area contributed by atoms with Crippen LogP contribution in [0.2, 0.25) is 0 Å². The van der Waals surface area contributed by atoms with Gasteiger partial charge in [0.2, 0.25) is 0 Å². The molecule has 1 aliphatic rings. The van der Waals surface area contributed by atoms with Crippen molar-refractivity contribution in [2.75, 3.05) is 13.7 Å². The fourth-order valence-electron chi connectivity index (χ4n) is 2.85. The summed E-state index contributed by atoms with van der Waals surface area (Å²) < 4.78 is 4.94. The molecule has 0 amide bonds. The number of benzene rings is 1. The van der Waals surface area contributed by atoms with Crippen LogP contribution in [0, 0.1) is 0 Å². The van der Waals surface area contributed by atoms with E-state index >= 15 is 0 Å². The first-order chi connectivity index (χ1) is 9.14. The van der Waals surface area contributed by atoms with Gasteiger partial charge in [-0.05, 0) is 25.3 Å². The van der Waals surface area contributed by atoms with Crippen molar-refractivity contribution in [3.8, 4) is 0 Å². The number of hydrogen-bond acceptors (Lipinski definition) is 3. The average molecular weight is 261 g/mol. The van der Waals surface area contributed by atoms with E-state index in [1.54, 1.807) is 0 Å². The van der Waals surface area contributed by atoms with E-state index in [0.717, 1.165) is 5.56 Å². The van der Waals surface area contributed by atoms with Crippen LogP contribution in [-0.2, 0) is 9.53 Å². The molecule has 1 aromatic carbocycles. The molecule has 1 unspecified atom stereocenters. The van der Waals surface area contributed by atoms with E-state index in [1.807, 2.05) is 30.3 Å². The quantitative estimate of drug-likeness (QED) is 0.828. The van der Waals surface area contributed by atoms with Crippen molar-refractivity contribution in [1.29, 1.82) is 0 Å². The van der Waals surface area contributed by atoms with Gasteiger partial charge in [-0.2, -0.15) is 0 Å². The molecule has 1 aliphatic carbocycles. The van der Waals surface area contributed by atoms with Gasteiger partial charge in [-0.25, -0.2) is 0 Å². The predicted molar refractivity (Wildman–Crippen MR) is 76.1 cm³/mol. The lowest BCUT2D eigenvalue weighted by Crippen LogP contribution is -2.43. The number of methoxy groups -OCH3 is 1. The Labute approximate surface area is 115 Å². The molecule has 3 heteroatoms. The molecule has 0 radical (unpaired) electrons. The second kappa shape index (κ2) is 6.20. The Morgan fingerprint density at radius 1 is 1.32 bits per heavy atom. The summed E-state index contributed by atoms with van der Waals surface area (Å²) in [5, 5.41) is 3.57. The lowest BCUT2D eigenvalue weighted by molar-refractivity contribution is -0.142. The summed E-state index contributed by atoms with van der Waals surface area (Å²) in [6.07, 6.45) is 4.93. The third-order valence-corrected chi connectivity index (χ3v) is 4.13. The van der Waals surface area contributed by atoms with E-state index in [0.29, 0.717) is 6.54 Å². The highest BCUT2D eigenvalue weighted by Crippen LogP contribution is 2.29. The van der Waals surface area contributed by atoms with Crippen molar-refractivity contribution in [2.45, 2.75) is 44.1 Å². The molecule has 0 heterocycles. The molecule has 1 N–H and O–H groups in total. The molecule has 0 saturated heterocycles.